The molecule has 0 spiro atoms. The Bertz CT molecular complexity index is 954. The molecule has 5 heteroatoms. The van der Waals surface area contributed by atoms with Crippen LogP contribution < -0.4 is 4.74 Å². The zero-order valence-corrected chi connectivity index (χ0v) is 16.7. The minimum atomic E-state index is -0.208. The van der Waals surface area contributed by atoms with Gasteiger partial charge in [-0.2, -0.15) is 0 Å². The van der Waals surface area contributed by atoms with Gasteiger partial charge in [0.15, 0.2) is 0 Å². The van der Waals surface area contributed by atoms with Gasteiger partial charge in [-0.15, -0.1) is 0 Å². The largest absolute Gasteiger partial charge is 0.481 e. The molecule has 0 amide bonds. The van der Waals surface area contributed by atoms with E-state index in [0.717, 1.165) is 34.2 Å². The zero-order chi connectivity index (χ0) is 19.9. The first kappa shape index (κ1) is 19.9. The van der Waals surface area contributed by atoms with E-state index in [1.165, 1.54) is 0 Å². The number of nitrogens with zero attached hydrogens (tertiary/aromatic N) is 1. The Morgan fingerprint density at radius 3 is 2.46 bits per heavy atom. The van der Waals surface area contributed by atoms with Crippen LogP contribution in [-0.2, 0) is 22.4 Å². The van der Waals surface area contributed by atoms with Crippen molar-refractivity contribution in [1.29, 1.82) is 0 Å². The molecule has 4 nitrogen and oxygen atoms in total. The van der Waals surface area contributed by atoms with Crippen LogP contribution in [0.3, 0.4) is 0 Å². The van der Waals surface area contributed by atoms with E-state index >= 15 is 0 Å². The topological polar surface area (TPSA) is 48.4 Å². The molecule has 0 fully saturated rings. The van der Waals surface area contributed by atoms with Crippen LogP contribution in [0.4, 0.5) is 0 Å². The smallest absolute Gasteiger partial charge is 0.310 e. The monoisotopic (exact) mass is 395 g/mol. The van der Waals surface area contributed by atoms with Gasteiger partial charge >= 0.3 is 5.97 Å². The Hall–Kier alpha value is -2.85. The van der Waals surface area contributed by atoms with Gasteiger partial charge in [0.2, 0.25) is 5.88 Å². The van der Waals surface area contributed by atoms with Crippen LogP contribution in [0.1, 0.15) is 23.6 Å². The summed E-state index contributed by atoms with van der Waals surface area (Å²) >= 11 is 6.14. The van der Waals surface area contributed by atoms with Crippen LogP contribution >= 0.6 is 11.6 Å². The molecule has 1 heterocycles. The van der Waals surface area contributed by atoms with E-state index < -0.39 is 0 Å². The van der Waals surface area contributed by atoms with E-state index in [4.69, 9.17) is 21.1 Å². The third-order valence-electron chi connectivity index (χ3n) is 4.32. The van der Waals surface area contributed by atoms with Crippen LogP contribution in [0.2, 0.25) is 5.02 Å². The standard InChI is InChI=1S/C23H22ClNO3/c1-3-28-22(26)13-17-9-7-16(8-10-17)11-18-12-21(23(27-2)25-15-18)19-5-4-6-20(24)14-19/h4-10,12,14-15H,3,11,13H2,1-2H3. The number of carbonyl (C=O) groups is 1. The number of hydrogen-bond acceptors (Lipinski definition) is 4. The molecule has 28 heavy (non-hydrogen) atoms. The van der Waals surface area contributed by atoms with Crippen molar-refractivity contribution in [2.24, 2.45) is 0 Å². The van der Waals surface area contributed by atoms with Gasteiger partial charge in [0, 0.05) is 16.8 Å². The average Bonchev–Trinajstić information content (AvgIpc) is 2.69. The highest BCUT2D eigenvalue weighted by Gasteiger charge is 2.10. The maximum Gasteiger partial charge on any atom is 0.310 e. The Labute approximate surface area is 170 Å². The molecule has 0 bridgehead atoms. The quantitative estimate of drug-likeness (QED) is 0.522. The van der Waals surface area contributed by atoms with Crippen molar-refractivity contribution in [1.82, 2.24) is 4.98 Å². The summed E-state index contributed by atoms with van der Waals surface area (Å²) in [7, 11) is 1.61. The predicted octanol–water partition coefficient (Wildman–Crippen LogP) is 5.11. The third-order valence-corrected chi connectivity index (χ3v) is 4.56. The Morgan fingerprint density at radius 1 is 1.04 bits per heavy atom. The summed E-state index contributed by atoms with van der Waals surface area (Å²) < 4.78 is 10.4. The molecule has 2 aromatic carbocycles. The molecule has 0 aliphatic heterocycles. The van der Waals surface area contributed by atoms with Crippen molar-refractivity contribution < 1.29 is 14.3 Å². The maximum absolute atomic E-state index is 11.6. The molecule has 0 N–H and O–H groups in total. The molecular weight excluding hydrogens is 374 g/mol. The predicted molar refractivity (Wildman–Crippen MR) is 111 cm³/mol. The molecule has 0 radical (unpaired) electrons. The van der Waals surface area contributed by atoms with E-state index in [-0.39, 0.29) is 12.4 Å². The van der Waals surface area contributed by atoms with E-state index in [1.807, 2.05) is 61.7 Å². The average molecular weight is 396 g/mol. The highest BCUT2D eigenvalue weighted by molar-refractivity contribution is 6.30. The fourth-order valence-electron chi connectivity index (χ4n) is 3.01. The minimum absolute atomic E-state index is 0.208. The van der Waals surface area contributed by atoms with Crippen molar-refractivity contribution in [2.45, 2.75) is 19.8 Å². The van der Waals surface area contributed by atoms with Gasteiger partial charge in [-0.1, -0.05) is 48.0 Å². The molecule has 0 saturated heterocycles. The van der Waals surface area contributed by atoms with Gasteiger partial charge < -0.3 is 9.47 Å². The molecule has 0 atom stereocenters. The highest BCUT2D eigenvalue weighted by atomic mass is 35.5. The number of carbonyl (C=O) groups excluding carboxylic acids is 1. The van der Waals surface area contributed by atoms with Gasteiger partial charge in [-0.3, -0.25) is 4.79 Å². The molecule has 3 aromatic rings. The third kappa shape index (κ3) is 5.11. The molecule has 0 unspecified atom stereocenters. The van der Waals surface area contributed by atoms with Gasteiger partial charge in [-0.05, 0) is 53.8 Å². The number of methoxy groups -OCH3 is 1. The van der Waals surface area contributed by atoms with Crippen LogP contribution in [0.5, 0.6) is 5.88 Å². The number of benzene rings is 2. The van der Waals surface area contributed by atoms with Crippen LogP contribution in [0, 0.1) is 0 Å². The van der Waals surface area contributed by atoms with Crippen molar-refractivity contribution in [3.05, 3.63) is 82.5 Å². The number of rotatable bonds is 7. The molecule has 3 rings (SSSR count). The maximum atomic E-state index is 11.6. The lowest BCUT2D eigenvalue weighted by Crippen LogP contribution is -2.07. The molecule has 0 aliphatic rings. The second-order valence-corrected chi connectivity index (χ2v) is 6.82. The van der Waals surface area contributed by atoms with Gasteiger partial charge in [0.25, 0.3) is 0 Å². The second kappa shape index (κ2) is 9.38. The van der Waals surface area contributed by atoms with E-state index in [1.54, 1.807) is 7.11 Å². The summed E-state index contributed by atoms with van der Waals surface area (Å²) in [6.45, 7) is 2.21. The van der Waals surface area contributed by atoms with Gasteiger partial charge in [0.05, 0.1) is 20.1 Å². The van der Waals surface area contributed by atoms with Crippen molar-refractivity contribution in [3.63, 3.8) is 0 Å². The van der Waals surface area contributed by atoms with Crippen LogP contribution in [0.25, 0.3) is 11.1 Å². The van der Waals surface area contributed by atoms with Crippen LogP contribution in [0.15, 0.2) is 60.8 Å². The van der Waals surface area contributed by atoms with E-state index in [0.29, 0.717) is 17.5 Å². The first-order chi connectivity index (χ1) is 13.6. The summed E-state index contributed by atoms with van der Waals surface area (Å²) in [5, 5.41) is 0.669. The van der Waals surface area contributed by atoms with E-state index in [9.17, 15) is 4.79 Å². The number of esters is 1. The highest BCUT2D eigenvalue weighted by Crippen LogP contribution is 2.31. The molecule has 1 aromatic heterocycles. The fraction of sp³-hybridized carbons (Fsp3) is 0.217. The summed E-state index contributed by atoms with van der Waals surface area (Å²) in [5.41, 5.74) is 5.00. The summed E-state index contributed by atoms with van der Waals surface area (Å²) in [5.74, 6) is 0.358. The number of halogens is 1. The second-order valence-electron chi connectivity index (χ2n) is 6.39. The summed E-state index contributed by atoms with van der Waals surface area (Å²) in [6.07, 6.45) is 2.83. The zero-order valence-electron chi connectivity index (χ0n) is 15.9. The van der Waals surface area contributed by atoms with Gasteiger partial charge in [0.1, 0.15) is 0 Å². The normalized spacial score (nSPS) is 10.5. The Morgan fingerprint density at radius 2 is 1.79 bits per heavy atom. The number of aromatic nitrogens is 1. The minimum Gasteiger partial charge on any atom is -0.481 e. The Kier molecular flexibility index (Phi) is 6.66. The summed E-state index contributed by atoms with van der Waals surface area (Å²) in [6, 6.07) is 17.7. The molecular formula is C23H22ClNO3. The number of hydrogen-bond donors (Lipinski definition) is 0. The van der Waals surface area contributed by atoms with E-state index in [2.05, 4.69) is 11.1 Å². The lowest BCUT2D eigenvalue weighted by atomic mass is 10.0. The molecule has 144 valence electrons. The van der Waals surface area contributed by atoms with Crippen LogP contribution in [-0.4, -0.2) is 24.7 Å². The van der Waals surface area contributed by atoms with Crippen molar-refractivity contribution in [2.75, 3.05) is 13.7 Å². The molecule has 0 saturated carbocycles. The molecule has 0 aliphatic carbocycles. The summed E-state index contributed by atoms with van der Waals surface area (Å²) in [4.78, 5) is 16.0. The fourth-order valence-corrected chi connectivity index (χ4v) is 3.20. The van der Waals surface area contributed by atoms with Gasteiger partial charge in [-0.25, -0.2) is 4.98 Å². The first-order valence-electron chi connectivity index (χ1n) is 9.11. The van der Waals surface area contributed by atoms with Crippen molar-refractivity contribution >= 4 is 17.6 Å². The SMILES string of the molecule is CCOC(=O)Cc1ccc(Cc2cnc(OC)c(-c3cccc(Cl)c3)c2)cc1. The number of ether oxygens (including phenoxy) is 2. The number of pyridine rings is 1. The lowest BCUT2D eigenvalue weighted by molar-refractivity contribution is -0.142. The lowest BCUT2D eigenvalue weighted by Gasteiger charge is -2.11. The Balaban J connectivity index is 1.79. The first-order valence-corrected chi connectivity index (χ1v) is 9.49. The van der Waals surface area contributed by atoms with Crippen molar-refractivity contribution in [3.8, 4) is 17.0 Å².